The molecule has 1 aromatic rings. The summed E-state index contributed by atoms with van der Waals surface area (Å²) >= 11 is 0. The summed E-state index contributed by atoms with van der Waals surface area (Å²) in [5.74, 6) is 0.217. The van der Waals surface area contributed by atoms with Crippen LogP contribution in [0.3, 0.4) is 0 Å². The molecule has 0 spiro atoms. The predicted octanol–water partition coefficient (Wildman–Crippen LogP) is 1.67. The van der Waals surface area contributed by atoms with Gasteiger partial charge in [-0.25, -0.2) is 8.42 Å². The van der Waals surface area contributed by atoms with Crippen LogP contribution in [0.1, 0.15) is 18.9 Å². The maximum absolute atomic E-state index is 12.2. The molecular formula is C14H21NO3S. The number of hydrogen-bond acceptors (Lipinski definition) is 3. The lowest BCUT2D eigenvalue weighted by atomic mass is 10.1. The number of sulfonamides is 1. The van der Waals surface area contributed by atoms with Gasteiger partial charge in [0.05, 0.1) is 18.5 Å². The molecule has 0 N–H and O–H groups in total. The van der Waals surface area contributed by atoms with E-state index in [1.54, 1.807) is 4.31 Å². The Labute approximate surface area is 115 Å². The van der Waals surface area contributed by atoms with Gasteiger partial charge in [0.15, 0.2) is 0 Å². The molecule has 4 nitrogen and oxygen atoms in total. The van der Waals surface area contributed by atoms with Gasteiger partial charge in [0.2, 0.25) is 10.0 Å². The van der Waals surface area contributed by atoms with Crippen molar-refractivity contribution in [1.82, 2.24) is 4.31 Å². The highest BCUT2D eigenvalue weighted by Crippen LogP contribution is 2.12. The van der Waals surface area contributed by atoms with E-state index in [1.807, 2.05) is 37.3 Å². The molecule has 0 amide bonds. The van der Waals surface area contributed by atoms with Gasteiger partial charge in [0, 0.05) is 13.1 Å². The molecule has 1 heterocycles. The lowest BCUT2D eigenvalue weighted by molar-refractivity contribution is 0.0102. The second kappa shape index (κ2) is 6.50. The van der Waals surface area contributed by atoms with Gasteiger partial charge in [0.1, 0.15) is 0 Å². The normalized spacial score (nSPS) is 21.4. The third-order valence-corrected chi connectivity index (χ3v) is 5.23. The molecule has 1 aliphatic heterocycles. The maximum atomic E-state index is 12.2. The first kappa shape index (κ1) is 14.5. The molecule has 5 heteroatoms. The number of benzene rings is 1. The predicted molar refractivity (Wildman–Crippen MR) is 75.5 cm³/mol. The summed E-state index contributed by atoms with van der Waals surface area (Å²) in [5, 5.41) is 0. The second-order valence-electron chi connectivity index (χ2n) is 4.94. The van der Waals surface area contributed by atoms with E-state index in [1.165, 1.54) is 5.56 Å². The van der Waals surface area contributed by atoms with Crippen LogP contribution in [0.5, 0.6) is 0 Å². The number of hydrogen-bond donors (Lipinski definition) is 0. The van der Waals surface area contributed by atoms with Crippen molar-refractivity contribution in [2.75, 3.05) is 25.4 Å². The molecule has 0 radical (unpaired) electrons. The zero-order chi connectivity index (χ0) is 13.7. The van der Waals surface area contributed by atoms with Crippen LogP contribution >= 0.6 is 0 Å². The van der Waals surface area contributed by atoms with Crippen molar-refractivity contribution in [1.29, 1.82) is 0 Å². The van der Waals surface area contributed by atoms with Gasteiger partial charge in [-0.1, -0.05) is 30.3 Å². The topological polar surface area (TPSA) is 46.6 Å². The summed E-state index contributed by atoms with van der Waals surface area (Å²) < 4.78 is 31.3. The molecule has 1 aromatic carbocycles. The number of aryl methyl sites for hydroxylation is 1. The van der Waals surface area contributed by atoms with Gasteiger partial charge in [-0.3, -0.25) is 0 Å². The van der Waals surface area contributed by atoms with Crippen molar-refractivity contribution in [2.45, 2.75) is 25.9 Å². The Kier molecular flexibility index (Phi) is 4.96. The first-order valence-corrected chi connectivity index (χ1v) is 8.32. The molecule has 1 aliphatic rings. The molecule has 0 saturated carbocycles. The Balaban J connectivity index is 1.84. The first-order valence-electron chi connectivity index (χ1n) is 6.71. The highest BCUT2D eigenvalue weighted by atomic mass is 32.2. The van der Waals surface area contributed by atoms with Crippen LogP contribution in [0.2, 0.25) is 0 Å². The van der Waals surface area contributed by atoms with Crippen molar-refractivity contribution in [3.05, 3.63) is 35.9 Å². The minimum atomic E-state index is -3.13. The average Bonchev–Trinajstić information content (AvgIpc) is 2.40. The zero-order valence-electron chi connectivity index (χ0n) is 11.3. The smallest absolute Gasteiger partial charge is 0.214 e. The van der Waals surface area contributed by atoms with Gasteiger partial charge in [0.25, 0.3) is 0 Å². The van der Waals surface area contributed by atoms with Crippen molar-refractivity contribution >= 4 is 10.0 Å². The van der Waals surface area contributed by atoms with E-state index < -0.39 is 10.0 Å². The molecule has 0 aromatic heterocycles. The van der Waals surface area contributed by atoms with E-state index >= 15 is 0 Å². The lowest BCUT2D eigenvalue weighted by Crippen LogP contribution is -2.45. The van der Waals surface area contributed by atoms with E-state index in [0.29, 0.717) is 26.1 Å². The Hall–Kier alpha value is -0.910. The third-order valence-electron chi connectivity index (χ3n) is 3.31. The van der Waals surface area contributed by atoms with Crippen molar-refractivity contribution in [3.63, 3.8) is 0 Å². The molecule has 19 heavy (non-hydrogen) atoms. The summed E-state index contributed by atoms with van der Waals surface area (Å²) in [6.45, 7) is 3.37. The number of rotatable bonds is 5. The summed E-state index contributed by atoms with van der Waals surface area (Å²) in [5.41, 5.74) is 1.19. The Morgan fingerprint density at radius 3 is 2.74 bits per heavy atom. The molecule has 0 bridgehead atoms. The molecule has 1 atom stereocenters. The maximum Gasteiger partial charge on any atom is 0.214 e. The number of nitrogens with zero attached hydrogens (tertiary/aromatic N) is 1. The highest BCUT2D eigenvalue weighted by Gasteiger charge is 2.26. The monoisotopic (exact) mass is 283 g/mol. The van der Waals surface area contributed by atoms with Crippen molar-refractivity contribution in [2.24, 2.45) is 0 Å². The van der Waals surface area contributed by atoms with E-state index in [2.05, 4.69) is 0 Å². The SMILES string of the molecule is C[C@@H]1CN(S(=O)(=O)CCCc2ccccc2)CCO1. The van der Waals surface area contributed by atoms with Crippen LogP contribution < -0.4 is 0 Å². The molecule has 1 saturated heterocycles. The minimum absolute atomic E-state index is 0.00218. The molecule has 2 rings (SSSR count). The molecule has 106 valence electrons. The standard InChI is InChI=1S/C14H21NO3S/c1-13-12-15(9-10-18-13)19(16,17)11-5-8-14-6-3-2-4-7-14/h2-4,6-7,13H,5,8-12H2,1H3/t13-/m1/s1. The quantitative estimate of drug-likeness (QED) is 0.826. The van der Waals surface area contributed by atoms with Gasteiger partial charge in [-0.2, -0.15) is 4.31 Å². The zero-order valence-corrected chi connectivity index (χ0v) is 12.1. The molecule has 0 unspecified atom stereocenters. The van der Waals surface area contributed by atoms with E-state index in [0.717, 1.165) is 6.42 Å². The minimum Gasteiger partial charge on any atom is -0.376 e. The third kappa shape index (κ3) is 4.30. The van der Waals surface area contributed by atoms with Crippen LogP contribution in [0.15, 0.2) is 30.3 Å². The van der Waals surface area contributed by atoms with Crippen LogP contribution in [-0.2, 0) is 21.2 Å². The summed E-state index contributed by atoms with van der Waals surface area (Å²) in [6, 6.07) is 9.99. The van der Waals surface area contributed by atoms with Crippen LogP contribution in [-0.4, -0.2) is 44.3 Å². The fraction of sp³-hybridized carbons (Fsp3) is 0.571. The fourth-order valence-electron chi connectivity index (χ4n) is 2.27. The largest absolute Gasteiger partial charge is 0.376 e. The lowest BCUT2D eigenvalue weighted by Gasteiger charge is -2.30. The van der Waals surface area contributed by atoms with Gasteiger partial charge < -0.3 is 4.74 Å². The number of morpholine rings is 1. The van der Waals surface area contributed by atoms with Crippen LogP contribution in [0.25, 0.3) is 0 Å². The second-order valence-corrected chi connectivity index (χ2v) is 7.03. The fourth-order valence-corrected chi connectivity index (χ4v) is 3.83. The Bertz CT molecular complexity index is 487. The summed E-state index contributed by atoms with van der Waals surface area (Å²) in [7, 11) is -3.13. The van der Waals surface area contributed by atoms with Crippen molar-refractivity contribution < 1.29 is 13.2 Å². The van der Waals surface area contributed by atoms with Crippen LogP contribution in [0.4, 0.5) is 0 Å². The van der Waals surface area contributed by atoms with Crippen LogP contribution in [0, 0.1) is 0 Å². The Morgan fingerprint density at radius 1 is 1.32 bits per heavy atom. The van der Waals surface area contributed by atoms with E-state index in [4.69, 9.17) is 4.74 Å². The molecular weight excluding hydrogens is 262 g/mol. The number of ether oxygens (including phenoxy) is 1. The van der Waals surface area contributed by atoms with E-state index in [9.17, 15) is 8.42 Å². The van der Waals surface area contributed by atoms with Gasteiger partial charge in [-0.15, -0.1) is 0 Å². The highest BCUT2D eigenvalue weighted by molar-refractivity contribution is 7.89. The van der Waals surface area contributed by atoms with E-state index in [-0.39, 0.29) is 11.9 Å². The van der Waals surface area contributed by atoms with Gasteiger partial charge in [-0.05, 0) is 25.3 Å². The summed E-state index contributed by atoms with van der Waals surface area (Å²) in [6.07, 6.45) is 1.47. The molecule has 0 aliphatic carbocycles. The van der Waals surface area contributed by atoms with Crippen molar-refractivity contribution in [3.8, 4) is 0 Å². The molecule has 1 fully saturated rings. The Morgan fingerprint density at radius 2 is 2.05 bits per heavy atom. The first-order chi connectivity index (χ1) is 9.08. The van der Waals surface area contributed by atoms with Gasteiger partial charge >= 0.3 is 0 Å². The average molecular weight is 283 g/mol. The summed E-state index contributed by atoms with van der Waals surface area (Å²) in [4.78, 5) is 0.